The number of hydrogen-bond acceptors (Lipinski definition) is 9. The van der Waals surface area contributed by atoms with Gasteiger partial charge in [0.2, 0.25) is 0 Å². The molecule has 0 atom stereocenters. The molecule has 1 aromatic carbocycles. The van der Waals surface area contributed by atoms with Gasteiger partial charge in [0.15, 0.2) is 0 Å². The van der Waals surface area contributed by atoms with Crippen LogP contribution < -0.4 is 0 Å². The van der Waals surface area contributed by atoms with Gasteiger partial charge < -0.3 is 0 Å². The number of fused-ring (bicyclic) bond motifs is 1. The highest BCUT2D eigenvalue weighted by Gasteiger charge is 2.04. The molecular formula is C23H37N13. The Labute approximate surface area is 211 Å². The summed E-state index contributed by atoms with van der Waals surface area (Å²) in [5.74, 6) is 0. The lowest BCUT2D eigenvalue weighted by Crippen LogP contribution is -2.03. The number of nitrogens with zero attached hydrogens (tertiary/aromatic N) is 13. The van der Waals surface area contributed by atoms with E-state index in [1.54, 1.807) is 39.1 Å². The van der Waals surface area contributed by atoms with Crippen molar-refractivity contribution in [3.63, 3.8) is 0 Å². The number of benzene rings is 1. The minimum absolute atomic E-state index is 0.366. The lowest BCUT2D eigenvalue weighted by molar-refractivity contribution is 0.466. The Morgan fingerprint density at radius 1 is 0.639 bits per heavy atom. The van der Waals surface area contributed by atoms with Gasteiger partial charge in [-0.05, 0) is 77.9 Å². The molecule has 0 spiro atoms. The van der Waals surface area contributed by atoms with E-state index < -0.39 is 0 Å². The molecular weight excluding hydrogens is 458 g/mol. The molecule has 0 amide bonds. The molecule has 4 heterocycles. The second kappa shape index (κ2) is 14.4. The van der Waals surface area contributed by atoms with Crippen molar-refractivity contribution in [1.82, 2.24) is 65.2 Å². The van der Waals surface area contributed by atoms with Crippen LogP contribution in [0.4, 0.5) is 0 Å². The maximum atomic E-state index is 4.06. The summed E-state index contributed by atoms with van der Waals surface area (Å²) in [5, 5.41) is 34.0. The molecule has 5 rings (SSSR count). The van der Waals surface area contributed by atoms with Crippen molar-refractivity contribution in [3.8, 4) is 0 Å². The van der Waals surface area contributed by atoms with Crippen LogP contribution in [0.3, 0.4) is 0 Å². The first kappa shape index (κ1) is 28.2. The second-order valence-corrected chi connectivity index (χ2v) is 8.92. The first-order valence-electron chi connectivity index (χ1n) is 11.9. The number of tetrazole rings is 1. The zero-order valence-electron chi connectivity index (χ0n) is 22.3. The van der Waals surface area contributed by atoms with Crippen molar-refractivity contribution in [3.05, 3.63) is 55.4 Å². The number of rotatable bonds is 4. The third-order valence-corrected chi connectivity index (χ3v) is 4.63. The van der Waals surface area contributed by atoms with Crippen molar-refractivity contribution < 1.29 is 0 Å². The first-order valence-corrected chi connectivity index (χ1v) is 11.9. The molecule has 4 aromatic heterocycles. The van der Waals surface area contributed by atoms with Crippen LogP contribution in [0.1, 0.15) is 79.6 Å². The molecule has 194 valence electrons. The number of aromatic nitrogens is 13. The van der Waals surface area contributed by atoms with Gasteiger partial charge in [0, 0.05) is 24.3 Å². The standard InChI is InChI=1S/C9H11N3.2C5H9N3.C4H8N4/c1-7(2)12-9-6-4-3-5-8(9)10-11-12;1-5(2)8-4-3-6-7-8;1-5(2)8-6-3-4-7-8;1-4(2)8-3-5-6-7-8/h3-7H,1-2H3;2*3-5H,1-2H3;3-4H,1-2H3. The van der Waals surface area contributed by atoms with Gasteiger partial charge in [0.05, 0.1) is 30.1 Å². The van der Waals surface area contributed by atoms with Crippen LogP contribution in [0.15, 0.2) is 55.4 Å². The number of para-hydroxylation sites is 1. The van der Waals surface area contributed by atoms with Gasteiger partial charge in [-0.1, -0.05) is 22.6 Å². The maximum absolute atomic E-state index is 4.06. The Hall–Kier alpha value is -4.03. The van der Waals surface area contributed by atoms with Gasteiger partial charge in [0.1, 0.15) is 11.8 Å². The van der Waals surface area contributed by atoms with E-state index in [2.05, 4.69) is 74.0 Å². The fourth-order valence-corrected chi connectivity index (χ4v) is 2.66. The Kier molecular flexibility index (Phi) is 11.3. The molecule has 0 aliphatic heterocycles. The van der Waals surface area contributed by atoms with E-state index in [9.17, 15) is 0 Å². The summed E-state index contributed by atoms with van der Waals surface area (Å²) in [7, 11) is 0. The largest absolute Gasteiger partial charge is 0.250 e. The van der Waals surface area contributed by atoms with Crippen molar-refractivity contribution in [2.75, 3.05) is 0 Å². The molecule has 0 saturated carbocycles. The third-order valence-electron chi connectivity index (χ3n) is 4.63. The maximum Gasteiger partial charge on any atom is 0.138 e. The minimum atomic E-state index is 0.366. The SMILES string of the molecule is CC(C)n1ccnn1.CC(C)n1cnnn1.CC(C)n1nccn1.CC(C)n1nnc2ccccc21. The molecule has 0 N–H and O–H groups in total. The minimum Gasteiger partial charge on any atom is -0.250 e. The predicted octanol–water partition coefficient (Wildman–Crippen LogP) is 3.98. The van der Waals surface area contributed by atoms with Crippen molar-refractivity contribution in [2.45, 2.75) is 79.6 Å². The van der Waals surface area contributed by atoms with Gasteiger partial charge >= 0.3 is 0 Å². The summed E-state index contributed by atoms with van der Waals surface area (Å²) in [5.41, 5.74) is 2.07. The fraction of sp³-hybridized carbons (Fsp3) is 0.522. The lowest BCUT2D eigenvalue weighted by atomic mass is 10.3. The zero-order chi connectivity index (χ0) is 26.5. The summed E-state index contributed by atoms with van der Waals surface area (Å²) in [6.45, 7) is 16.5. The van der Waals surface area contributed by atoms with Crippen LogP contribution in [0.25, 0.3) is 11.0 Å². The molecule has 0 fully saturated rings. The van der Waals surface area contributed by atoms with E-state index in [1.165, 1.54) is 0 Å². The van der Waals surface area contributed by atoms with E-state index in [1.807, 2.05) is 62.8 Å². The van der Waals surface area contributed by atoms with Crippen LogP contribution >= 0.6 is 0 Å². The molecule has 13 heteroatoms. The highest BCUT2D eigenvalue weighted by atomic mass is 15.5. The van der Waals surface area contributed by atoms with E-state index in [0.29, 0.717) is 24.2 Å². The molecule has 0 saturated heterocycles. The van der Waals surface area contributed by atoms with Gasteiger partial charge in [-0.3, -0.25) is 4.68 Å². The summed E-state index contributed by atoms with van der Waals surface area (Å²) < 4.78 is 5.43. The van der Waals surface area contributed by atoms with Crippen molar-refractivity contribution in [2.24, 2.45) is 0 Å². The van der Waals surface area contributed by atoms with E-state index in [0.717, 1.165) is 11.0 Å². The third kappa shape index (κ3) is 8.96. The Morgan fingerprint density at radius 2 is 1.31 bits per heavy atom. The monoisotopic (exact) mass is 495 g/mol. The summed E-state index contributed by atoms with van der Waals surface area (Å²) in [6.07, 6.45) is 8.50. The predicted molar refractivity (Wildman–Crippen MR) is 137 cm³/mol. The molecule has 0 aliphatic carbocycles. The quantitative estimate of drug-likeness (QED) is 0.362. The topological polar surface area (TPSA) is 136 Å². The summed E-state index contributed by atoms with van der Waals surface area (Å²) in [6, 6.07) is 9.54. The molecule has 0 aliphatic rings. The van der Waals surface area contributed by atoms with E-state index in [4.69, 9.17) is 0 Å². The van der Waals surface area contributed by atoms with Crippen LogP contribution in [0, 0.1) is 0 Å². The average molecular weight is 496 g/mol. The number of hydrogen-bond donors (Lipinski definition) is 0. The van der Waals surface area contributed by atoms with Gasteiger partial charge in [0.25, 0.3) is 0 Å². The Bertz CT molecular complexity index is 1100. The molecule has 5 aromatic rings. The zero-order valence-corrected chi connectivity index (χ0v) is 22.3. The molecule has 36 heavy (non-hydrogen) atoms. The molecule has 0 bridgehead atoms. The summed E-state index contributed by atoms with van der Waals surface area (Å²) in [4.78, 5) is 1.67. The average Bonchev–Trinajstić information content (AvgIpc) is 3.67. The molecule has 13 nitrogen and oxygen atoms in total. The smallest absolute Gasteiger partial charge is 0.138 e. The molecule has 0 unspecified atom stereocenters. The second-order valence-electron chi connectivity index (χ2n) is 8.92. The normalized spacial score (nSPS) is 10.7. The van der Waals surface area contributed by atoms with Crippen LogP contribution in [-0.4, -0.2) is 65.2 Å². The summed E-state index contributed by atoms with van der Waals surface area (Å²) >= 11 is 0. The molecule has 0 radical (unpaired) electrons. The fourth-order valence-electron chi connectivity index (χ4n) is 2.66. The highest BCUT2D eigenvalue weighted by Crippen LogP contribution is 2.13. The van der Waals surface area contributed by atoms with Crippen LogP contribution in [0.2, 0.25) is 0 Å². The lowest BCUT2D eigenvalue weighted by Gasteiger charge is -2.03. The van der Waals surface area contributed by atoms with Gasteiger partial charge in [-0.2, -0.15) is 15.0 Å². The highest BCUT2D eigenvalue weighted by molar-refractivity contribution is 5.73. The Balaban J connectivity index is 0.000000173. The van der Waals surface area contributed by atoms with Gasteiger partial charge in [-0.15, -0.1) is 15.3 Å². The van der Waals surface area contributed by atoms with E-state index in [-0.39, 0.29) is 0 Å². The van der Waals surface area contributed by atoms with Gasteiger partial charge in [-0.25, -0.2) is 9.36 Å². The Morgan fingerprint density at radius 3 is 1.72 bits per heavy atom. The van der Waals surface area contributed by atoms with E-state index >= 15 is 0 Å². The van der Waals surface area contributed by atoms with Crippen LogP contribution in [0.5, 0.6) is 0 Å². The van der Waals surface area contributed by atoms with Crippen molar-refractivity contribution in [1.29, 1.82) is 0 Å². The van der Waals surface area contributed by atoms with Crippen molar-refractivity contribution >= 4 is 11.0 Å². The first-order chi connectivity index (χ1) is 17.2. The van der Waals surface area contributed by atoms with Crippen LogP contribution in [-0.2, 0) is 0 Å².